The van der Waals surface area contributed by atoms with Crippen LogP contribution in [0.5, 0.6) is 0 Å². The van der Waals surface area contributed by atoms with Crippen molar-refractivity contribution in [1.82, 2.24) is 0 Å². The molecule has 4 nitrogen and oxygen atoms in total. The molecule has 0 aliphatic carbocycles. The van der Waals surface area contributed by atoms with Crippen LogP contribution in [-0.2, 0) is 4.74 Å². The number of carbonyl (C=O) groups excluding carboxylic acids is 1. The zero-order chi connectivity index (χ0) is 15.8. The van der Waals surface area contributed by atoms with Crippen molar-refractivity contribution in [3.05, 3.63) is 58.6 Å². The van der Waals surface area contributed by atoms with Crippen LogP contribution in [0.15, 0.2) is 53.0 Å². The third kappa shape index (κ3) is 5.16. The number of halogens is 1. The molecule has 5 heteroatoms. The Balaban J connectivity index is 1.88. The number of nitrogens with one attached hydrogen (secondary N) is 2. The van der Waals surface area contributed by atoms with E-state index in [1.165, 1.54) is 0 Å². The summed E-state index contributed by atoms with van der Waals surface area (Å²) in [4.78, 5) is 12.1. The van der Waals surface area contributed by atoms with Crippen molar-refractivity contribution >= 4 is 33.2 Å². The van der Waals surface area contributed by atoms with E-state index in [9.17, 15) is 4.79 Å². The average Bonchev–Trinajstić information content (AvgIpc) is 2.54. The number of anilines is 2. The van der Waals surface area contributed by atoms with E-state index < -0.39 is 0 Å². The molecule has 0 atom stereocenters. The minimum atomic E-state index is -0.117. The van der Waals surface area contributed by atoms with Crippen LogP contribution >= 0.6 is 15.9 Å². The molecule has 0 aliphatic rings. The molecular weight excluding hydrogens is 344 g/mol. The van der Waals surface area contributed by atoms with E-state index in [0.717, 1.165) is 35.4 Å². The Labute approximate surface area is 139 Å². The van der Waals surface area contributed by atoms with Crippen LogP contribution in [0.4, 0.5) is 11.4 Å². The SMILES string of the molecule is COCCCNc1ccc(NC(=O)c2ccc(Br)cc2)cc1. The first-order valence-electron chi connectivity index (χ1n) is 7.09. The van der Waals surface area contributed by atoms with Gasteiger partial charge >= 0.3 is 0 Å². The summed E-state index contributed by atoms with van der Waals surface area (Å²) < 4.78 is 5.95. The van der Waals surface area contributed by atoms with Crippen molar-refractivity contribution in [2.45, 2.75) is 6.42 Å². The van der Waals surface area contributed by atoms with Gasteiger partial charge in [-0.1, -0.05) is 15.9 Å². The third-order valence-corrected chi connectivity index (χ3v) is 3.63. The van der Waals surface area contributed by atoms with Gasteiger partial charge in [-0.15, -0.1) is 0 Å². The Kier molecular flexibility index (Phi) is 6.43. The fourth-order valence-corrected chi connectivity index (χ4v) is 2.19. The maximum atomic E-state index is 12.1. The van der Waals surface area contributed by atoms with E-state index in [4.69, 9.17) is 4.74 Å². The smallest absolute Gasteiger partial charge is 0.255 e. The monoisotopic (exact) mass is 362 g/mol. The van der Waals surface area contributed by atoms with E-state index in [0.29, 0.717) is 5.56 Å². The molecule has 1 amide bonds. The molecule has 0 unspecified atom stereocenters. The summed E-state index contributed by atoms with van der Waals surface area (Å²) >= 11 is 3.35. The molecule has 0 aromatic heterocycles. The Morgan fingerprint density at radius 2 is 1.68 bits per heavy atom. The van der Waals surface area contributed by atoms with Gasteiger partial charge in [-0.05, 0) is 55.0 Å². The first-order chi connectivity index (χ1) is 10.7. The summed E-state index contributed by atoms with van der Waals surface area (Å²) in [6.07, 6.45) is 0.957. The number of ether oxygens (including phenoxy) is 1. The Bertz CT molecular complexity index is 597. The second-order valence-corrected chi connectivity index (χ2v) is 5.73. The summed E-state index contributed by atoms with van der Waals surface area (Å²) in [6, 6.07) is 14.9. The van der Waals surface area contributed by atoms with Crippen LogP contribution in [0.1, 0.15) is 16.8 Å². The van der Waals surface area contributed by atoms with Crippen molar-refractivity contribution in [1.29, 1.82) is 0 Å². The average molecular weight is 363 g/mol. The lowest BCUT2D eigenvalue weighted by atomic mass is 10.2. The number of hydrogen-bond acceptors (Lipinski definition) is 3. The lowest BCUT2D eigenvalue weighted by Gasteiger charge is -2.08. The van der Waals surface area contributed by atoms with Gasteiger partial charge in [0.2, 0.25) is 0 Å². The Morgan fingerprint density at radius 1 is 1.05 bits per heavy atom. The summed E-state index contributed by atoms with van der Waals surface area (Å²) in [5.74, 6) is -0.117. The van der Waals surface area contributed by atoms with Gasteiger partial charge in [0.25, 0.3) is 5.91 Å². The first kappa shape index (κ1) is 16.5. The normalized spacial score (nSPS) is 10.3. The highest BCUT2D eigenvalue weighted by molar-refractivity contribution is 9.10. The molecule has 0 fully saturated rings. The van der Waals surface area contributed by atoms with Crippen molar-refractivity contribution in [3.63, 3.8) is 0 Å². The number of rotatable bonds is 7. The lowest BCUT2D eigenvalue weighted by Crippen LogP contribution is -2.11. The predicted octanol–water partition coefficient (Wildman–Crippen LogP) is 4.15. The van der Waals surface area contributed by atoms with Crippen molar-refractivity contribution in [2.75, 3.05) is 30.9 Å². The van der Waals surface area contributed by atoms with Crippen LogP contribution in [0.2, 0.25) is 0 Å². The molecule has 0 saturated carbocycles. The quantitative estimate of drug-likeness (QED) is 0.727. The van der Waals surface area contributed by atoms with Gasteiger partial charge in [0.15, 0.2) is 0 Å². The lowest BCUT2D eigenvalue weighted by molar-refractivity contribution is 0.102. The first-order valence-corrected chi connectivity index (χ1v) is 7.88. The van der Waals surface area contributed by atoms with Crippen molar-refractivity contribution < 1.29 is 9.53 Å². The largest absolute Gasteiger partial charge is 0.385 e. The van der Waals surface area contributed by atoms with Crippen LogP contribution in [0.25, 0.3) is 0 Å². The van der Waals surface area contributed by atoms with Gasteiger partial charge in [0, 0.05) is 41.7 Å². The topological polar surface area (TPSA) is 50.4 Å². The van der Waals surface area contributed by atoms with E-state index in [1.807, 2.05) is 36.4 Å². The highest BCUT2D eigenvalue weighted by Crippen LogP contribution is 2.16. The minimum absolute atomic E-state index is 0.117. The Morgan fingerprint density at radius 3 is 2.32 bits per heavy atom. The summed E-state index contributed by atoms with van der Waals surface area (Å²) in [7, 11) is 1.70. The number of benzene rings is 2. The van der Waals surface area contributed by atoms with Crippen molar-refractivity contribution in [3.8, 4) is 0 Å². The van der Waals surface area contributed by atoms with Crippen LogP contribution < -0.4 is 10.6 Å². The molecule has 0 saturated heterocycles. The van der Waals surface area contributed by atoms with Gasteiger partial charge in [0.05, 0.1) is 0 Å². The minimum Gasteiger partial charge on any atom is -0.385 e. The van der Waals surface area contributed by atoms with Crippen molar-refractivity contribution in [2.24, 2.45) is 0 Å². The molecule has 2 N–H and O–H groups in total. The van der Waals surface area contributed by atoms with E-state index >= 15 is 0 Å². The maximum Gasteiger partial charge on any atom is 0.255 e. The molecule has 0 radical (unpaired) electrons. The molecule has 0 bridgehead atoms. The molecule has 0 heterocycles. The molecule has 0 aliphatic heterocycles. The molecular formula is C17H19BrN2O2. The molecule has 2 rings (SSSR count). The standard InChI is InChI=1S/C17H19BrN2O2/c1-22-12-2-11-19-15-7-9-16(10-8-15)20-17(21)13-3-5-14(18)6-4-13/h3-10,19H,2,11-12H2,1H3,(H,20,21). The number of methoxy groups -OCH3 is 1. The van der Waals surface area contributed by atoms with Gasteiger partial charge < -0.3 is 15.4 Å². The van der Waals surface area contributed by atoms with Crippen LogP contribution in [0, 0.1) is 0 Å². The number of hydrogen-bond donors (Lipinski definition) is 2. The highest BCUT2D eigenvalue weighted by Gasteiger charge is 2.05. The maximum absolute atomic E-state index is 12.1. The molecule has 116 valence electrons. The summed E-state index contributed by atoms with van der Waals surface area (Å²) in [5.41, 5.74) is 2.43. The van der Waals surface area contributed by atoms with Gasteiger partial charge in [-0.3, -0.25) is 4.79 Å². The van der Waals surface area contributed by atoms with Crippen LogP contribution in [0.3, 0.4) is 0 Å². The van der Waals surface area contributed by atoms with Gasteiger partial charge in [-0.25, -0.2) is 0 Å². The summed E-state index contributed by atoms with van der Waals surface area (Å²) in [5, 5.41) is 6.18. The second kappa shape index (κ2) is 8.56. The highest BCUT2D eigenvalue weighted by atomic mass is 79.9. The number of amides is 1. The number of carbonyl (C=O) groups is 1. The predicted molar refractivity (Wildman–Crippen MR) is 93.5 cm³/mol. The van der Waals surface area contributed by atoms with Gasteiger partial charge in [0.1, 0.15) is 0 Å². The molecule has 2 aromatic carbocycles. The van der Waals surface area contributed by atoms with E-state index in [2.05, 4.69) is 26.6 Å². The third-order valence-electron chi connectivity index (χ3n) is 3.10. The van der Waals surface area contributed by atoms with E-state index in [1.54, 1.807) is 19.2 Å². The zero-order valence-electron chi connectivity index (χ0n) is 12.4. The van der Waals surface area contributed by atoms with Gasteiger partial charge in [-0.2, -0.15) is 0 Å². The fourth-order valence-electron chi connectivity index (χ4n) is 1.93. The van der Waals surface area contributed by atoms with Crippen LogP contribution in [-0.4, -0.2) is 26.2 Å². The molecule has 22 heavy (non-hydrogen) atoms. The zero-order valence-corrected chi connectivity index (χ0v) is 14.0. The molecule has 2 aromatic rings. The second-order valence-electron chi connectivity index (χ2n) is 4.81. The fraction of sp³-hybridized carbons (Fsp3) is 0.235. The molecule has 0 spiro atoms. The van der Waals surface area contributed by atoms with E-state index in [-0.39, 0.29) is 5.91 Å². The Hall–Kier alpha value is -1.85. The summed E-state index contributed by atoms with van der Waals surface area (Å²) in [6.45, 7) is 1.60.